The molecular formula is C45H58N8O7. The molecule has 8 rings (SSSR count). The van der Waals surface area contributed by atoms with E-state index in [2.05, 4.69) is 26.3 Å². The maximum absolute atomic E-state index is 14.9. The van der Waals surface area contributed by atoms with E-state index >= 15 is 0 Å². The number of hydrogen-bond donors (Lipinski definition) is 7. The molecule has 5 fully saturated rings. The fourth-order valence-corrected chi connectivity index (χ4v) is 10.6. The molecule has 60 heavy (non-hydrogen) atoms. The van der Waals surface area contributed by atoms with Crippen LogP contribution in [0.15, 0.2) is 54.7 Å². The predicted molar refractivity (Wildman–Crippen MR) is 223 cm³/mol. The number of benzene rings is 2. The third-order valence-corrected chi connectivity index (χ3v) is 13.8. The van der Waals surface area contributed by atoms with Crippen molar-refractivity contribution in [2.75, 3.05) is 13.1 Å². The molecule has 2 aromatic carbocycles. The number of aryl methyl sites for hydroxylation is 1. The first-order valence-electron chi connectivity index (χ1n) is 21.9. The highest BCUT2D eigenvalue weighted by atomic mass is 16.3. The predicted octanol–water partition coefficient (Wildman–Crippen LogP) is 2.45. The molecule has 1 spiro atoms. The van der Waals surface area contributed by atoms with Crippen molar-refractivity contribution in [1.29, 1.82) is 0 Å². The molecule has 6 amide bonds. The summed E-state index contributed by atoms with van der Waals surface area (Å²) in [5, 5.41) is 22.8. The molecule has 2 saturated carbocycles. The molecule has 5 aliphatic rings. The van der Waals surface area contributed by atoms with Gasteiger partial charge in [-0.05, 0) is 106 Å². The fourth-order valence-electron chi connectivity index (χ4n) is 10.6. The Bertz CT molecular complexity index is 2100. The van der Waals surface area contributed by atoms with Crippen molar-refractivity contribution < 1.29 is 33.9 Å². The van der Waals surface area contributed by atoms with Gasteiger partial charge in [-0.2, -0.15) is 0 Å². The lowest BCUT2D eigenvalue weighted by atomic mass is 9.84. The standard InChI is InChI=1S/C45H58N8O7/c46-22-19-34-42(58)52-23-7-12-37(52)43(59)53-36-11-4-1-8-28(36)25-38(53)41(57)48-33(18-15-27-13-16-30(54)17-14-27)40(56)51-45(20-5-6-21-45)44(60)50-35(39(55)49-34)24-29-26-47-32-10-3-2-9-31(29)32/h2-3,9-10,13-14,16-17,26,28,33-38,47,54H,1,4-8,11-12,15,18-25,46H2,(H,48,57)(H,49,55)(H,50,60)(H,51,56)/t28-,33+,34+,35+,36-,37-,38-/m1/s1. The second-order valence-corrected chi connectivity index (χ2v) is 17.6. The van der Waals surface area contributed by atoms with Gasteiger partial charge in [0.05, 0.1) is 0 Å². The van der Waals surface area contributed by atoms with E-state index in [0.29, 0.717) is 57.9 Å². The molecule has 15 heteroatoms. The monoisotopic (exact) mass is 822 g/mol. The van der Waals surface area contributed by atoms with E-state index in [0.717, 1.165) is 47.7 Å². The van der Waals surface area contributed by atoms with Crippen LogP contribution in [0.1, 0.15) is 94.6 Å². The van der Waals surface area contributed by atoms with Crippen LogP contribution >= 0.6 is 0 Å². The van der Waals surface area contributed by atoms with Gasteiger partial charge in [0.15, 0.2) is 0 Å². The van der Waals surface area contributed by atoms with E-state index in [4.69, 9.17) is 5.73 Å². The van der Waals surface area contributed by atoms with E-state index in [1.165, 1.54) is 0 Å². The summed E-state index contributed by atoms with van der Waals surface area (Å²) >= 11 is 0. The summed E-state index contributed by atoms with van der Waals surface area (Å²) in [4.78, 5) is 94.4. The number of aromatic hydroxyl groups is 1. The maximum atomic E-state index is 14.9. The zero-order chi connectivity index (χ0) is 42.0. The van der Waals surface area contributed by atoms with Crippen molar-refractivity contribution in [1.82, 2.24) is 36.1 Å². The van der Waals surface area contributed by atoms with Gasteiger partial charge in [-0.1, -0.05) is 56.0 Å². The second kappa shape index (κ2) is 17.6. The number of nitrogens with one attached hydrogen (secondary N) is 5. The largest absolute Gasteiger partial charge is 0.508 e. The van der Waals surface area contributed by atoms with Gasteiger partial charge in [-0.25, -0.2) is 0 Å². The SMILES string of the molecule is NCC[C@@H]1NC(=O)[C@H](Cc2c[nH]c3ccccc23)NC(=O)C2(CCCC2)NC(=O)[C@H](CCc2ccc(O)cc2)NC(=O)[C@H]2C[C@H]3CCCC[C@H]3N2C(=O)[C@H]2CCCN2C1=O. The molecular weight excluding hydrogens is 765 g/mol. The zero-order valence-corrected chi connectivity index (χ0v) is 34.1. The number of carbonyl (C=O) groups excluding carboxylic acids is 6. The number of aromatic amines is 1. The van der Waals surface area contributed by atoms with E-state index < -0.39 is 65.3 Å². The lowest BCUT2D eigenvalue weighted by Gasteiger charge is -2.38. The third kappa shape index (κ3) is 8.32. The molecule has 7 atom stereocenters. The molecule has 15 nitrogen and oxygen atoms in total. The minimum Gasteiger partial charge on any atom is -0.508 e. The number of H-pyrrole nitrogens is 1. The highest BCUT2D eigenvalue weighted by molar-refractivity contribution is 6.00. The number of carbonyl (C=O) groups is 6. The Kier molecular flexibility index (Phi) is 12.1. The Morgan fingerprint density at radius 3 is 2.27 bits per heavy atom. The molecule has 0 radical (unpaired) electrons. The zero-order valence-electron chi connectivity index (χ0n) is 34.1. The van der Waals surface area contributed by atoms with Crippen LogP contribution in [0.2, 0.25) is 0 Å². The van der Waals surface area contributed by atoms with E-state index in [9.17, 15) is 33.9 Å². The van der Waals surface area contributed by atoms with Crippen molar-refractivity contribution in [3.05, 3.63) is 65.9 Å². The molecule has 8 N–H and O–H groups in total. The van der Waals surface area contributed by atoms with Gasteiger partial charge in [-0.3, -0.25) is 28.8 Å². The van der Waals surface area contributed by atoms with Gasteiger partial charge in [-0.15, -0.1) is 0 Å². The molecule has 3 aromatic rings. The van der Waals surface area contributed by atoms with Crippen molar-refractivity contribution in [3.63, 3.8) is 0 Å². The Hall–Kier alpha value is -5.44. The summed E-state index contributed by atoms with van der Waals surface area (Å²) < 4.78 is 0. The summed E-state index contributed by atoms with van der Waals surface area (Å²) in [6.07, 6.45) is 9.49. The normalized spacial score (nSPS) is 29.0. The Morgan fingerprint density at radius 1 is 0.733 bits per heavy atom. The fraction of sp³-hybridized carbons (Fsp3) is 0.556. The number of aromatic nitrogens is 1. The number of para-hydroxylation sites is 1. The van der Waals surface area contributed by atoms with Gasteiger partial charge in [0, 0.05) is 36.1 Å². The smallest absolute Gasteiger partial charge is 0.246 e. The number of rotatable bonds is 7. The average Bonchev–Trinajstić information content (AvgIpc) is 4.08. The topological polar surface area (TPSA) is 219 Å². The first-order valence-corrected chi connectivity index (χ1v) is 21.9. The van der Waals surface area contributed by atoms with Crippen LogP contribution in [0.5, 0.6) is 5.75 Å². The van der Waals surface area contributed by atoms with Crippen LogP contribution in [0.25, 0.3) is 10.9 Å². The van der Waals surface area contributed by atoms with Gasteiger partial charge in [0.1, 0.15) is 41.5 Å². The molecule has 1 aromatic heterocycles. The summed E-state index contributed by atoms with van der Waals surface area (Å²) in [6, 6.07) is 9.17. The third-order valence-electron chi connectivity index (χ3n) is 13.8. The van der Waals surface area contributed by atoms with E-state index in [1.807, 2.05) is 24.3 Å². The van der Waals surface area contributed by atoms with Gasteiger partial charge in [0.25, 0.3) is 0 Å². The van der Waals surface area contributed by atoms with Crippen molar-refractivity contribution in [2.24, 2.45) is 11.7 Å². The molecule has 2 aliphatic carbocycles. The summed E-state index contributed by atoms with van der Waals surface area (Å²) in [5.74, 6) is -2.55. The van der Waals surface area contributed by atoms with Crippen LogP contribution in [0.4, 0.5) is 0 Å². The number of phenolic OH excluding ortho intramolecular Hbond substituents is 1. The van der Waals surface area contributed by atoms with Crippen LogP contribution in [0.3, 0.4) is 0 Å². The lowest BCUT2D eigenvalue weighted by Crippen LogP contribution is -2.65. The Balaban J connectivity index is 1.17. The summed E-state index contributed by atoms with van der Waals surface area (Å²) in [5.41, 5.74) is 7.16. The number of hydrogen-bond acceptors (Lipinski definition) is 8. The summed E-state index contributed by atoms with van der Waals surface area (Å²) in [7, 11) is 0. The Labute approximate surface area is 349 Å². The highest BCUT2D eigenvalue weighted by Gasteiger charge is 2.52. The van der Waals surface area contributed by atoms with Crippen LogP contribution in [-0.2, 0) is 41.6 Å². The minimum absolute atomic E-state index is 0.0871. The molecule has 3 aliphatic heterocycles. The van der Waals surface area contributed by atoms with E-state index in [1.54, 1.807) is 40.3 Å². The number of amides is 6. The van der Waals surface area contributed by atoms with Crippen molar-refractivity contribution in [3.8, 4) is 5.75 Å². The van der Waals surface area contributed by atoms with Gasteiger partial charge in [0.2, 0.25) is 35.4 Å². The number of nitrogens with two attached hydrogens (primary N) is 1. The average molecular weight is 823 g/mol. The summed E-state index contributed by atoms with van der Waals surface area (Å²) in [6.45, 7) is 0.395. The van der Waals surface area contributed by atoms with Crippen molar-refractivity contribution >= 4 is 46.3 Å². The quantitative estimate of drug-likeness (QED) is 0.187. The first-order chi connectivity index (χ1) is 29.0. The maximum Gasteiger partial charge on any atom is 0.246 e. The van der Waals surface area contributed by atoms with E-state index in [-0.39, 0.29) is 49.4 Å². The second-order valence-electron chi connectivity index (χ2n) is 17.6. The van der Waals surface area contributed by atoms with Crippen LogP contribution in [-0.4, -0.2) is 110 Å². The van der Waals surface area contributed by atoms with Crippen molar-refractivity contribution in [2.45, 2.75) is 138 Å². The van der Waals surface area contributed by atoms with Gasteiger partial charge < -0.3 is 46.9 Å². The molecule has 0 bridgehead atoms. The molecule has 320 valence electrons. The number of nitrogens with zero attached hydrogens (tertiary/aromatic N) is 2. The minimum atomic E-state index is -1.37. The first kappa shape index (κ1) is 41.3. The molecule has 0 unspecified atom stereocenters. The van der Waals surface area contributed by atoms with Crippen LogP contribution < -0.4 is 27.0 Å². The number of fused-ring (bicyclic) bond motifs is 5. The Morgan fingerprint density at radius 2 is 1.48 bits per heavy atom. The lowest BCUT2D eigenvalue weighted by molar-refractivity contribution is -0.150. The highest BCUT2D eigenvalue weighted by Crippen LogP contribution is 2.41. The van der Waals surface area contributed by atoms with Gasteiger partial charge >= 0.3 is 0 Å². The van der Waals surface area contributed by atoms with Crippen LogP contribution in [0, 0.1) is 5.92 Å². The number of phenols is 1. The molecule has 3 saturated heterocycles. The molecule has 4 heterocycles.